The topological polar surface area (TPSA) is 63.6 Å². The Balaban J connectivity index is 2.32. The summed E-state index contributed by atoms with van der Waals surface area (Å²) in [5.41, 5.74) is 0. The Kier molecular flexibility index (Phi) is 4.45. The maximum absolute atomic E-state index is 12.1. The predicted molar refractivity (Wildman–Crippen MR) is 81.8 cm³/mol. The Morgan fingerprint density at radius 3 is 2.70 bits per heavy atom. The summed E-state index contributed by atoms with van der Waals surface area (Å²) in [6.07, 6.45) is 0.0143. The van der Waals surface area contributed by atoms with Crippen molar-refractivity contribution in [3.63, 3.8) is 0 Å². The highest BCUT2D eigenvalue weighted by Gasteiger charge is 2.19. The van der Waals surface area contributed by atoms with Crippen molar-refractivity contribution in [3.05, 3.63) is 27.5 Å². The van der Waals surface area contributed by atoms with Crippen LogP contribution in [0.4, 0.5) is 0 Å². The van der Waals surface area contributed by atoms with Crippen LogP contribution in [0.5, 0.6) is 5.75 Å². The van der Waals surface area contributed by atoms with Gasteiger partial charge in [-0.05, 0) is 39.5 Å². The van der Waals surface area contributed by atoms with Gasteiger partial charge in [-0.25, -0.2) is 0 Å². The number of hydrogen-bond donors (Lipinski definition) is 1. The summed E-state index contributed by atoms with van der Waals surface area (Å²) in [6.45, 7) is 1.53. The van der Waals surface area contributed by atoms with Gasteiger partial charge in [-0.2, -0.15) is 0 Å². The number of halogens is 1. The number of hydrogen-bond acceptors (Lipinski definition) is 4. The molecule has 1 atom stereocenters. The lowest BCUT2D eigenvalue weighted by atomic mass is 10.0. The third kappa shape index (κ3) is 3.02. The van der Waals surface area contributed by atoms with E-state index in [-0.39, 0.29) is 12.2 Å². The number of Topliss-reactive ketones (excluding diaryl/α,β-unsaturated/α-hetero) is 1. The van der Waals surface area contributed by atoms with Gasteiger partial charge in [0.2, 0.25) is 0 Å². The van der Waals surface area contributed by atoms with Crippen molar-refractivity contribution in [3.8, 4) is 5.75 Å². The zero-order valence-corrected chi connectivity index (χ0v) is 13.4. The van der Waals surface area contributed by atoms with Crippen LogP contribution < -0.4 is 4.74 Å². The number of fused-ring (bicyclic) bond motifs is 1. The molecule has 6 heteroatoms. The molecule has 0 aliphatic carbocycles. The highest BCUT2D eigenvalue weighted by molar-refractivity contribution is 9.10. The van der Waals surface area contributed by atoms with Crippen LogP contribution in [0.25, 0.3) is 10.1 Å². The molecule has 0 fully saturated rings. The molecule has 20 heavy (non-hydrogen) atoms. The van der Waals surface area contributed by atoms with E-state index in [2.05, 4.69) is 15.9 Å². The summed E-state index contributed by atoms with van der Waals surface area (Å²) in [7, 11) is 1.58. The number of ether oxygens (including phenoxy) is 1. The third-order valence-electron chi connectivity index (χ3n) is 2.98. The molecule has 1 N–H and O–H groups in total. The fourth-order valence-corrected chi connectivity index (χ4v) is 3.34. The van der Waals surface area contributed by atoms with Crippen molar-refractivity contribution in [1.82, 2.24) is 0 Å². The first-order valence-electron chi connectivity index (χ1n) is 5.95. The minimum absolute atomic E-state index is 0.0143. The number of aliphatic carboxylic acids is 1. The fourth-order valence-electron chi connectivity index (χ4n) is 1.80. The molecule has 106 valence electrons. The van der Waals surface area contributed by atoms with Crippen LogP contribution in [0, 0.1) is 5.92 Å². The highest BCUT2D eigenvalue weighted by atomic mass is 79.9. The zero-order chi connectivity index (χ0) is 14.9. The van der Waals surface area contributed by atoms with E-state index in [0.29, 0.717) is 10.6 Å². The molecule has 1 aromatic heterocycles. The van der Waals surface area contributed by atoms with Gasteiger partial charge in [-0.3, -0.25) is 9.59 Å². The Bertz CT molecular complexity index is 677. The van der Waals surface area contributed by atoms with Crippen LogP contribution in [-0.4, -0.2) is 24.0 Å². The van der Waals surface area contributed by atoms with Crippen LogP contribution in [0.1, 0.15) is 23.0 Å². The highest BCUT2D eigenvalue weighted by Crippen LogP contribution is 2.35. The molecular formula is C14H13BrO4S. The molecular weight excluding hydrogens is 344 g/mol. The zero-order valence-electron chi connectivity index (χ0n) is 11.0. The number of ketones is 1. The van der Waals surface area contributed by atoms with E-state index in [0.717, 1.165) is 14.6 Å². The Labute approximate surface area is 128 Å². The first kappa shape index (κ1) is 15.0. The summed E-state index contributed by atoms with van der Waals surface area (Å²) in [4.78, 5) is 23.4. The summed E-state index contributed by atoms with van der Waals surface area (Å²) in [5, 5.41) is 9.79. The van der Waals surface area contributed by atoms with Gasteiger partial charge in [0, 0.05) is 11.1 Å². The molecule has 0 spiro atoms. The number of carboxylic acids is 1. The normalized spacial score (nSPS) is 12.3. The van der Waals surface area contributed by atoms with E-state index >= 15 is 0 Å². The van der Waals surface area contributed by atoms with Crippen LogP contribution in [-0.2, 0) is 4.79 Å². The molecule has 1 aromatic carbocycles. The molecule has 0 aliphatic heterocycles. The van der Waals surface area contributed by atoms with Crippen molar-refractivity contribution < 1.29 is 19.4 Å². The van der Waals surface area contributed by atoms with Crippen LogP contribution in [0.15, 0.2) is 22.7 Å². The molecule has 0 saturated carbocycles. The summed E-state index contributed by atoms with van der Waals surface area (Å²) in [5.74, 6) is -1.06. The Morgan fingerprint density at radius 1 is 1.40 bits per heavy atom. The maximum Gasteiger partial charge on any atom is 0.306 e. The molecule has 0 radical (unpaired) electrons. The Hall–Kier alpha value is -1.40. The number of thiophene rings is 1. The lowest BCUT2D eigenvalue weighted by Crippen LogP contribution is -2.13. The summed E-state index contributed by atoms with van der Waals surface area (Å²) < 4.78 is 6.98. The average Bonchev–Trinajstić information content (AvgIpc) is 2.80. The van der Waals surface area contributed by atoms with Crippen molar-refractivity contribution in [2.45, 2.75) is 13.3 Å². The van der Waals surface area contributed by atoms with Crippen LogP contribution >= 0.6 is 27.3 Å². The molecule has 1 heterocycles. The SMILES string of the molecule is COc1cc2sc(C(=O)C[C@@H](C)C(=O)O)cc2cc1Br. The first-order chi connectivity index (χ1) is 9.42. The van der Waals surface area contributed by atoms with Gasteiger partial charge in [0.1, 0.15) is 5.75 Å². The first-order valence-corrected chi connectivity index (χ1v) is 7.56. The fraction of sp³-hybridized carbons (Fsp3) is 0.286. The minimum atomic E-state index is -0.955. The van der Waals surface area contributed by atoms with Gasteiger partial charge in [0.05, 0.1) is 22.4 Å². The van der Waals surface area contributed by atoms with E-state index < -0.39 is 11.9 Å². The van der Waals surface area contributed by atoms with E-state index in [4.69, 9.17) is 9.84 Å². The average molecular weight is 357 g/mol. The third-order valence-corrected chi connectivity index (χ3v) is 4.74. The van der Waals surface area contributed by atoms with Gasteiger partial charge in [0.25, 0.3) is 0 Å². The standard InChI is InChI=1S/C14H13BrO4S/c1-7(14(17)18)3-10(16)13-5-8-4-9(15)11(19-2)6-12(8)20-13/h4-7H,3H2,1-2H3,(H,17,18)/t7-/m1/s1. The largest absolute Gasteiger partial charge is 0.496 e. The lowest BCUT2D eigenvalue weighted by molar-refractivity contribution is -0.141. The second-order valence-corrected chi connectivity index (χ2v) is 6.44. The van der Waals surface area contributed by atoms with Crippen molar-refractivity contribution in [2.24, 2.45) is 5.92 Å². The van der Waals surface area contributed by atoms with E-state index in [9.17, 15) is 9.59 Å². The molecule has 2 rings (SSSR count). The van der Waals surface area contributed by atoms with Gasteiger partial charge >= 0.3 is 5.97 Å². The molecule has 0 saturated heterocycles. The second-order valence-electron chi connectivity index (χ2n) is 4.50. The van der Waals surface area contributed by atoms with E-state index in [1.54, 1.807) is 13.2 Å². The van der Waals surface area contributed by atoms with Crippen LogP contribution in [0.2, 0.25) is 0 Å². The predicted octanol–water partition coefficient (Wildman–Crippen LogP) is 3.97. The number of methoxy groups -OCH3 is 1. The van der Waals surface area contributed by atoms with Crippen molar-refractivity contribution in [1.29, 1.82) is 0 Å². The molecule has 0 bridgehead atoms. The lowest BCUT2D eigenvalue weighted by Gasteiger charge is -2.02. The second kappa shape index (κ2) is 5.93. The van der Waals surface area contributed by atoms with E-state index in [1.165, 1.54) is 18.3 Å². The smallest absolute Gasteiger partial charge is 0.306 e. The number of rotatable bonds is 5. The van der Waals surface area contributed by atoms with Crippen LogP contribution in [0.3, 0.4) is 0 Å². The minimum Gasteiger partial charge on any atom is -0.496 e. The van der Waals surface area contributed by atoms with Crippen molar-refractivity contribution in [2.75, 3.05) is 7.11 Å². The number of benzene rings is 1. The maximum atomic E-state index is 12.1. The quantitative estimate of drug-likeness (QED) is 0.823. The molecule has 4 nitrogen and oxygen atoms in total. The van der Waals surface area contributed by atoms with E-state index in [1.807, 2.05) is 12.1 Å². The molecule has 2 aromatic rings. The van der Waals surface area contributed by atoms with Gasteiger partial charge in [-0.15, -0.1) is 11.3 Å². The number of carbonyl (C=O) groups is 2. The van der Waals surface area contributed by atoms with Gasteiger partial charge in [-0.1, -0.05) is 6.92 Å². The number of carbonyl (C=O) groups excluding carboxylic acids is 1. The van der Waals surface area contributed by atoms with Gasteiger partial charge < -0.3 is 9.84 Å². The summed E-state index contributed by atoms with van der Waals surface area (Å²) in [6, 6.07) is 5.55. The number of carboxylic acid groups (broad SMARTS) is 1. The molecule has 0 unspecified atom stereocenters. The van der Waals surface area contributed by atoms with Gasteiger partial charge in [0.15, 0.2) is 5.78 Å². The monoisotopic (exact) mass is 356 g/mol. The van der Waals surface area contributed by atoms with Crippen molar-refractivity contribution >= 4 is 49.1 Å². The summed E-state index contributed by atoms with van der Waals surface area (Å²) >= 11 is 4.75. The molecule has 0 aliphatic rings. The molecule has 0 amide bonds. The Morgan fingerprint density at radius 2 is 2.10 bits per heavy atom.